The summed E-state index contributed by atoms with van der Waals surface area (Å²) in [5, 5.41) is 3.43. The van der Waals surface area contributed by atoms with Gasteiger partial charge in [0.05, 0.1) is 12.5 Å². The van der Waals surface area contributed by atoms with E-state index in [1.165, 1.54) is 12.8 Å². The summed E-state index contributed by atoms with van der Waals surface area (Å²) in [5.41, 5.74) is 5.34. The molecule has 0 aromatic heterocycles. The molecule has 6 nitrogen and oxygen atoms in total. The lowest BCUT2D eigenvalue weighted by Gasteiger charge is -2.32. The van der Waals surface area contributed by atoms with Crippen LogP contribution in [0.2, 0.25) is 0 Å². The molecule has 0 aromatic carbocycles. The van der Waals surface area contributed by atoms with Gasteiger partial charge in [-0.3, -0.25) is 14.5 Å². The van der Waals surface area contributed by atoms with Crippen molar-refractivity contribution in [3.8, 4) is 0 Å². The van der Waals surface area contributed by atoms with Gasteiger partial charge < -0.3 is 16.0 Å². The summed E-state index contributed by atoms with van der Waals surface area (Å²) in [6.45, 7) is 3.64. The molecule has 0 saturated carbocycles. The molecule has 6 heteroatoms. The molecular formula is C14H26N4O2. The van der Waals surface area contributed by atoms with Gasteiger partial charge in [0.15, 0.2) is 0 Å². The zero-order valence-corrected chi connectivity index (χ0v) is 12.3. The van der Waals surface area contributed by atoms with E-state index in [0.717, 1.165) is 32.5 Å². The van der Waals surface area contributed by atoms with E-state index in [9.17, 15) is 9.59 Å². The van der Waals surface area contributed by atoms with E-state index in [-0.39, 0.29) is 17.7 Å². The molecule has 2 heterocycles. The van der Waals surface area contributed by atoms with E-state index >= 15 is 0 Å². The van der Waals surface area contributed by atoms with E-state index < -0.39 is 0 Å². The van der Waals surface area contributed by atoms with Crippen LogP contribution in [0.3, 0.4) is 0 Å². The molecule has 2 aliphatic rings. The lowest BCUT2D eigenvalue weighted by atomic mass is 9.97. The van der Waals surface area contributed by atoms with E-state index in [2.05, 4.69) is 10.2 Å². The van der Waals surface area contributed by atoms with Crippen LogP contribution >= 0.6 is 0 Å². The second kappa shape index (κ2) is 7.04. The lowest BCUT2D eigenvalue weighted by molar-refractivity contribution is -0.135. The average Bonchev–Trinajstić information content (AvgIpc) is 2.91. The number of likely N-dealkylation sites (N-methyl/N-ethyl adjacent to an activating group) is 1. The van der Waals surface area contributed by atoms with Gasteiger partial charge in [0.1, 0.15) is 0 Å². The van der Waals surface area contributed by atoms with Crippen molar-refractivity contribution in [2.24, 2.45) is 11.7 Å². The topological polar surface area (TPSA) is 78.7 Å². The number of hydrogen-bond acceptors (Lipinski definition) is 4. The fourth-order valence-electron chi connectivity index (χ4n) is 3.12. The molecule has 0 radical (unpaired) electrons. The monoisotopic (exact) mass is 282 g/mol. The Morgan fingerprint density at radius 3 is 2.80 bits per heavy atom. The summed E-state index contributed by atoms with van der Waals surface area (Å²) in [6, 6.07) is 0.507. The van der Waals surface area contributed by atoms with Crippen molar-refractivity contribution in [1.82, 2.24) is 15.1 Å². The third-order valence-electron chi connectivity index (χ3n) is 4.28. The van der Waals surface area contributed by atoms with Gasteiger partial charge in [-0.15, -0.1) is 0 Å². The van der Waals surface area contributed by atoms with Crippen molar-refractivity contribution in [2.75, 3.05) is 39.8 Å². The van der Waals surface area contributed by atoms with E-state index in [1.807, 2.05) is 7.05 Å². The van der Waals surface area contributed by atoms with E-state index in [1.54, 1.807) is 4.90 Å². The molecule has 0 bridgehead atoms. The number of primary amides is 1. The number of carbonyl (C=O) groups excluding carboxylic acids is 2. The van der Waals surface area contributed by atoms with E-state index in [0.29, 0.717) is 19.1 Å². The van der Waals surface area contributed by atoms with Gasteiger partial charge in [-0.25, -0.2) is 0 Å². The summed E-state index contributed by atoms with van der Waals surface area (Å²) in [7, 11) is 1.98. The Hall–Kier alpha value is -1.14. The lowest BCUT2D eigenvalue weighted by Crippen LogP contribution is -2.48. The first-order chi connectivity index (χ1) is 9.56. The Labute approximate surface area is 120 Å². The quantitative estimate of drug-likeness (QED) is 0.705. The van der Waals surface area contributed by atoms with Gasteiger partial charge in [0.2, 0.25) is 11.8 Å². The Morgan fingerprint density at radius 1 is 1.35 bits per heavy atom. The minimum absolute atomic E-state index is 0.108. The molecule has 2 saturated heterocycles. The van der Waals surface area contributed by atoms with Crippen molar-refractivity contribution >= 4 is 11.8 Å². The fourth-order valence-corrected chi connectivity index (χ4v) is 3.12. The Kier molecular flexibility index (Phi) is 5.37. The number of rotatable bonds is 5. The molecule has 2 unspecified atom stereocenters. The molecule has 20 heavy (non-hydrogen) atoms. The summed E-state index contributed by atoms with van der Waals surface area (Å²) in [5.74, 6) is -0.350. The van der Waals surface area contributed by atoms with Crippen LogP contribution in [-0.2, 0) is 9.59 Å². The average molecular weight is 282 g/mol. The first-order valence-electron chi connectivity index (χ1n) is 7.55. The summed E-state index contributed by atoms with van der Waals surface area (Å²) >= 11 is 0. The van der Waals surface area contributed by atoms with Crippen LogP contribution in [0, 0.1) is 5.92 Å². The maximum Gasteiger partial charge on any atom is 0.236 e. The van der Waals surface area contributed by atoms with Crippen molar-refractivity contribution in [3.63, 3.8) is 0 Å². The van der Waals surface area contributed by atoms with Crippen LogP contribution < -0.4 is 11.1 Å². The molecule has 2 fully saturated rings. The summed E-state index contributed by atoms with van der Waals surface area (Å²) in [6.07, 6.45) is 4.08. The van der Waals surface area contributed by atoms with Crippen molar-refractivity contribution in [1.29, 1.82) is 0 Å². The molecule has 114 valence electrons. The number of nitrogens with zero attached hydrogens (tertiary/aromatic N) is 2. The third-order valence-corrected chi connectivity index (χ3v) is 4.28. The molecule has 0 aromatic rings. The van der Waals surface area contributed by atoms with Crippen LogP contribution in [0.4, 0.5) is 0 Å². The number of piperidine rings is 1. The number of carbonyl (C=O) groups is 2. The minimum atomic E-state index is -0.286. The highest BCUT2D eigenvalue weighted by atomic mass is 16.2. The van der Waals surface area contributed by atoms with Gasteiger partial charge in [-0.05, 0) is 39.3 Å². The number of nitrogens with two attached hydrogens (primary N) is 1. The summed E-state index contributed by atoms with van der Waals surface area (Å²) < 4.78 is 0. The molecule has 0 aliphatic carbocycles. The van der Waals surface area contributed by atoms with Gasteiger partial charge in [0, 0.05) is 25.7 Å². The first kappa shape index (κ1) is 15.3. The second-order valence-corrected chi connectivity index (χ2v) is 6.07. The standard InChI is InChI=1S/C14H26N4O2/c1-17(9-12-5-2-6-16-12)10-13(19)18-7-3-4-11(8-18)14(15)20/h11-12,16H,2-10H2,1H3,(H2,15,20). The van der Waals surface area contributed by atoms with Crippen molar-refractivity contribution < 1.29 is 9.59 Å². The summed E-state index contributed by atoms with van der Waals surface area (Å²) in [4.78, 5) is 27.4. The molecule has 2 rings (SSSR count). The predicted molar refractivity (Wildman–Crippen MR) is 77.0 cm³/mol. The van der Waals surface area contributed by atoms with Gasteiger partial charge in [0.25, 0.3) is 0 Å². The SMILES string of the molecule is CN(CC(=O)N1CCCC(C(N)=O)C1)CC1CCCN1. The highest BCUT2D eigenvalue weighted by Gasteiger charge is 2.27. The Morgan fingerprint density at radius 2 is 2.15 bits per heavy atom. The zero-order chi connectivity index (χ0) is 14.5. The predicted octanol–water partition coefficient (Wildman–Crippen LogP) is -0.606. The highest BCUT2D eigenvalue weighted by Crippen LogP contribution is 2.16. The van der Waals surface area contributed by atoms with Crippen molar-refractivity contribution in [3.05, 3.63) is 0 Å². The number of amides is 2. The molecule has 3 N–H and O–H groups in total. The largest absolute Gasteiger partial charge is 0.369 e. The Balaban J connectivity index is 1.76. The maximum atomic E-state index is 12.3. The number of hydrogen-bond donors (Lipinski definition) is 2. The number of nitrogens with one attached hydrogen (secondary N) is 1. The fraction of sp³-hybridized carbons (Fsp3) is 0.857. The van der Waals surface area contributed by atoms with Crippen LogP contribution in [0.25, 0.3) is 0 Å². The molecule has 2 amide bonds. The molecular weight excluding hydrogens is 256 g/mol. The van der Waals surface area contributed by atoms with Crippen LogP contribution in [0.5, 0.6) is 0 Å². The van der Waals surface area contributed by atoms with E-state index in [4.69, 9.17) is 5.73 Å². The first-order valence-corrected chi connectivity index (χ1v) is 7.55. The van der Waals surface area contributed by atoms with Gasteiger partial charge in [-0.2, -0.15) is 0 Å². The highest BCUT2D eigenvalue weighted by molar-refractivity contribution is 5.81. The minimum Gasteiger partial charge on any atom is -0.369 e. The van der Waals surface area contributed by atoms with Crippen molar-refractivity contribution in [2.45, 2.75) is 31.7 Å². The maximum absolute atomic E-state index is 12.3. The van der Waals surface area contributed by atoms with Crippen LogP contribution in [-0.4, -0.2) is 67.4 Å². The zero-order valence-electron chi connectivity index (χ0n) is 12.3. The second-order valence-electron chi connectivity index (χ2n) is 6.07. The molecule has 2 atom stereocenters. The normalized spacial score (nSPS) is 27.0. The third kappa shape index (κ3) is 4.18. The van der Waals surface area contributed by atoms with Gasteiger partial charge >= 0.3 is 0 Å². The van der Waals surface area contributed by atoms with Gasteiger partial charge in [-0.1, -0.05) is 0 Å². The van der Waals surface area contributed by atoms with Crippen LogP contribution in [0.15, 0.2) is 0 Å². The van der Waals surface area contributed by atoms with Crippen LogP contribution in [0.1, 0.15) is 25.7 Å². The molecule has 0 spiro atoms. The smallest absolute Gasteiger partial charge is 0.236 e. The number of likely N-dealkylation sites (tertiary alicyclic amines) is 1. The molecule has 2 aliphatic heterocycles. The Bertz CT molecular complexity index is 355.